The highest BCUT2D eigenvalue weighted by molar-refractivity contribution is 9.11. The molecule has 0 bridgehead atoms. The fraction of sp³-hybridized carbons (Fsp3) is 0.435. The number of carbonyl (C=O) groups excluding carboxylic acids is 3. The van der Waals surface area contributed by atoms with Crippen LogP contribution in [0.3, 0.4) is 0 Å². The van der Waals surface area contributed by atoms with Crippen LogP contribution in [0, 0.1) is 12.8 Å². The maximum absolute atomic E-state index is 13.0. The number of likely N-dealkylation sites (tertiary alicyclic amines) is 1. The highest BCUT2D eigenvalue weighted by Crippen LogP contribution is 2.29. The Morgan fingerprint density at radius 3 is 2.79 bits per heavy atom. The number of aryl methyl sites for hydroxylation is 1. The van der Waals surface area contributed by atoms with Crippen molar-refractivity contribution in [2.24, 2.45) is 11.7 Å². The van der Waals surface area contributed by atoms with Gasteiger partial charge in [0.05, 0.1) is 9.83 Å². The second kappa shape index (κ2) is 10.2. The first kappa shape index (κ1) is 23.7. The van der Waals surface area contributed by atoms with Gasteiger partial charge in [-0.25, -0.2) is 4.79 Å². The number of nitrogens with one attached hydrogen (secondary N) is 1. The second-order valence-corrected chi connectivity index (χ2v) is 10.9. The summed E-state index contributed by atoms with van der Waals surface area (Å²) in [6, 6.07) is 8.59. The molecular weight excluding hydrogens is 508 g/mol. The number of nitrogens with two attached hydrogens (primary N) is 1. The van der Waals surface area contributed by atoms with Gasteiger partial charge in [0.15, 0.2) is 5.06 Å². The number of piperidine rings is 1. The smallest absolute Gasteiger partial charge is 0.399 e. The summed E-state index contributed by atoms with van der Waals surface area (Å²) < 4.78 is 6.13. The summed E-state index contributed by atoms with van der Waals surface area (Å²) in [7, 11) is 0. The van der Waals surface area contributed by atoms with Gasteiger partial charge in [0.2, 0.25) is 5.91 Å². The number of amides is 3. The van der Waals surface area contributed by atoms with Crippen molar-refractivity contribution in [2.45, 2.75) is 32.2 Å². The summed E-state index contributed by atoms with van der Waals surface area (Å²) in [5.41, 5.74) is 7.98. The quantitative estimate of drug-likeness (QED) is 0.610. The molecule has 2 aliphatic heterocycles. The van der Waals surface area contributed by atoms with Crippen molar-refractivity contribution in [3.63, 3.8) is 0 Å². The third kappa shape index (κ3) is 5.56. The van der Waals surface area contributed by atoms with E-state index in [-0.39, 0.29) is 24.3 Å². The third-order valence-corrected chi connectivity index (χ3v) is 7.58. The molecule has 2 atom stereocenters. The van der Waals surface area contributed by atoms with Gasteiger partial charge in [-0.15, -0.1) is 0 Å². The van der Waals surface area contributed by atoms with E-state index in [0.717, 1.165) is 28.7 Å². The second-order valence-electron chi connectivity index (χ2n) is 8.49. The molecule has 0 spiro atoms. The van der Waals surface area contributed by atoms with Gasteiger partial charge in [0, 0.05) is 37.3 Å². The number of rotatable bonds is 5. The largest absolute Gasteiger partial charge is 0.413 e. The van der Waals surface area contributed by atoms with Gasteiger partial charge >= 0.3 is 6.09 Å². The van der Waals surface area contributed by atoms with Gasteiger partial charge in [-0.3, -0.25) is 9.59 Å². The summed E-state index contributed by atoms with van der Waals surface area (Å²) in [6.45, 7) is 4.25. The van der Waals surface area contributed by atoms with E-state index in [1.54, 1.807) is 29.2 Å². The minimum Gasteiger partial charge on any atom is -0.399 e. The van der Waals surface area contributed by atoms with E-state index in [4.69, 9.17) is 10.5 Å². The Morgan fingerprint density at radius 2 is 2.09 bits per heavy atom. The number of nitrogens with zero attached hydrogens (tertiary/aromatic N) is 2. The van der Waals surface area contributed by atoms with Crippen LogP contribution >= 0.6 is 27.3 Å². The number of benzene rings is 1. The maximum Gasteiger partial charge on any atom is 0.413 e. The van der Waals surface area contributed by atoms with Crippen LogP contribution in [0.2, 0.25) is 0 Å². The van der Waals surface area contributed by atoms with Crippen LogP contribution in [-0.2, 0) is 4.79 Å². The molecule has 1 aromatic heterocycles. The molecule has 3 heterocycles. The lowest BCUT2D eigenvalue weighted by atomic mass is 9.97. The molecule has 33 heavy (non-hydrogen) atoms. The van der Waals surface area contributed by atoms with Crippen molar-refractivity contribution in [1.82, 2.24) is 10.2 Å². The lowest BCUT2D eigenvalue weighted by Gasteiger charge is -2.32. The lowest BCUT2D eigenvalue weighted by Crippen LogP contribution is -2.42. The van der Waals surface area contributed by atoms with Crippen LogP contribution in [0.1, 0.15) is 35.2 Å². The number of thiophene rings is 1. The summed E-state index contributed by atoms with van der Waals surface area (Å²) in [5.74, 6) is 0.272. The molecular formula is C23H27BrN4O4S. The van der Waals surface area contributed by atoms with Crippen molar-refractivity contribution in [3.8, 4) is 5.06 Å². The van der Waals surface area contributed by atoms with Crippen LogP contribution in [-0.4, -0.2) is 55.0 Å². The van der Waals surface area contributed by atoms with Crippen LogP contribution in [0.25, 0.3) is 0 Å². The van der Waals surface area contributed by atoms with Gasteiger partial charge in [-0.2, -0.15) is 0 Å². The minimum absolute atomic E-state index is 0.00690. The van der Waals surface area contributed by atoms with E-state index in [0.29, 0.717) is 41.9 Å². The zero-order valence-electron chi connectivity index (χ0n) is 18.4. The van der Waals surface area contributed by atoms with Crippen molar-refractivity contribution >= 4 is 50.9 Å². The van der Waals surface area contributed by atoms with Gasteiger partial charge in [0.1, 0.15) is 0 Å². The molecule has 2 aliphatic rings. The third-order valence-electron chi connectivity index (χ3n) is 6.08. The molecule has 3 amide bonds. The molecule has 0 saturated carbocycles. The summed E-state index contributed by atoms with van der Waals surface area (Å²) in [6.07, 6.45) is 1.63. The molecule has 2 unspecified atom stereocenters. The normalized spacial score (nSPS) is 20.8. The first-order valence-electron chi connectivity index (χ1n) is 11.0. The first-order valence-corrected chi connectivity index (χ1v) is 12.6. The Kier molecular flexibility index (Phi) is 7.35. The van der Waals surface area contributed by atoms with Gasteiger partial charge < -0.3 is 25.6 Å². The van der Waals surface area contributed by atoms with Crippen LogP contribution in [0.15, 0.2) is 34.1 Å². The van der Waals surface area contributed by atoms with Crippen molar-refractivity contribution in [3.05, 3.63) is 45.2 Å². The topological polar surface area (TPSA) is 105 Å². The summed E-state index contributed by atoms with van der Waals surface area (Å²) in [4.78, 5) is 41.4. The van der Waals surface area contributed by atoms with E-state index in [2.05, 4.69) is 21.2 Å². The lowest BCUT2D eigenvalue weighted by molar-refractivity contribution is -0.117. The van der Waals surface area contributed by atoms with E-state index in [1.165, 1.54) is 11.3 Å². The minimum atomic E-state index is -0.585. The van der Waals surface area contributed by atoms with E-state index >= 15 is 0 Å². The molecule has 0 radical (unpaired) electrons. The molecule has 4 rings (SSSR count). The van der Waals surface area contributed by atoms with E-state index in [1.807, 2.05) is 17.9 Å². The average Bonchev–Trinajstić information content (AvgIpc) is 3.37. The molecule has 2 fully saturated rings. The predicted molar refractivity (Wildman–Crippen MR) is 131 cm³/mol. The van der Waals surface area contributed by atoms with Crippen LogP contribution in [0.5, 0.6) is 5.06 Å². The molecule has 10 heteroatoms. The van der Waals surface area contributed by atoms with Crippen molar-refractivity contribution < 1.29 is 19.1 Å². The zero-order valence-corrected chi connectivity index (χ0v) is 20.8. The summed E-state index contributed by atoms with van der Waals surface area (Å²) >= 11 is 4.63. The molecule has 1 aromatic carbocycles. The Hall–Kier alpha value is -2.43. The molecule has 2 aromatic rings. The Labute approximate surface area is 205 Å². The highest BCUT2D eigenvalue weighted by atomic mass is 79.9. The van der Waals surface area contributed by atoms with Gasteiger partial charge in [0.25, 0.3) is 5.91 Å². The monoisotopic (exact) mass is 534 g/mol. The molecule has 176 valence electrons. The van der Waals surface area contributed by atoms with E-state index in [9.17, 15) is 14.4 Å². The van der Waals surface area contributed by atoms with Gasteiger partial charge in [-0.1, -0.05) is 11.3 Å². The predicted octanol–water partition coefficient (Wildman–Crippen LogP) is 3.52. The standard InChI is InChI=1S/C23H27BrN4O4S/c1-14-9-17(4-5-18(14)22(30)27-8-2-3-15(11-25)12-27)28-13-16(10-20(28)29)26-23(31)32-21-7-6-19(24)33-21/h4-7,9,15-16H,2-3,8,10-13,25H2,1H3,(H,26,31). The number of hydrogen-bond donors (Lipinski definition) is 2. The number of anilines is 1. The molecule has 0 aliphatic carbocycles. The van der Waals surface area contributed by atoms with Crippen molar-refractivity contribution in [2.75, 3.05) is 31.1 Å². The first-order chi connectivity index (χ1) is 15.8. The molecule has 8 nitrogen and oxygen atoms in total. The Bertz CT molecular complexity index is 1060. The number of hydrogen-bond acceptors (Lipinski definition) is 6. The maximum atomic E-state index is 13.0. The number of halogens is 1. The van der Waals surface area contributed by atoms with E-state index < -0.39 is 6.09 Å². The summed E-state index contributed by atoms with van der Waals surface area (Å²) in [5, 5.41) is 3.24. The average molecular weight is 535 g/mol. The number of carbonyl (C=O) groups is 3. The fourth-order valence-corrected chi connectivity index (χ4v) is 5.55. The van der Waals surface area contributed by atoms with Crippen LogP contribution < -0.4 is 20.7 Å². The Morgan fingerprint density at radius 1 is 1.27 bits per heavy atom. The number of ether oxygens (including phenoxy) is 1. The Balaban J connectivity index is 1.38. The van der Waals surface area contributed by atoms with Crippen LogP contribution in [0.4, 0.5) is 10.5 Å². The fourth-order valence-electron chi connectivity index (χ4n) is 4.36. The zero-order chi connectivity index (χ0) is 23.5. The molecule has 3 N–H and O–H groups in total. The SMILES string of the molecule is Cc1cc(N2CC(NC(=O)Oc3ccc(Br)s3)CC2=O)ccc1C(=O)N1CCCC(CN)C1. The van der Waals surface area contributed by atoms with Gasteiger partial charge in [-0.05, 0) is 84.1 Å². The van der Waals surface area contributed by atoms with Crippen molar-refractivity contribution in [1.29, 1.82) is 0 Å². The molecule has 2 saturated heterocycles. The highest BCUT2D eigenvalue weighted by Gasteiger charge is 2.33.